The Morgan fingerprint density at radius 1 is 1.00 bits per heavy atom. The number of aliphatic hydroxyl groups excluding tert-OH is 1. The lowest BCUT2D eigenvalue weighted by Crippen LogP contribution is -2.45. The van der Waals surface area contributed by atoms with Crippen LogP contribution in [-0.4, -0.2) is 45.8 Å². The minimum absolute atomic E-state index is 0.0995. The van der Waals surface area contributed by atoms with Gasteiger partial charge in [-0.2, -0.15) is 4.57 Å². The van der Waals surface area contributed by atoms with Crippen LogP contribution in [0.25, 0.3) is 0 Å². The maximum atomic E-state index is 13.1. The van der Waals surface area contributed by atoms with Gasteiger partial charge >= 0.3 is 5.69 Å². The summed E-state index contributed by atoms with van der Waals surface area (Å²) in [5.74, 6) is -0.488. The first-order chi connectivity index (χ1) is 15.5. The highest BCUT2D eigenvalue weighted by Gasteiger charge is 2.35. The lowest BCUT2D eigenvalue weighted by atomic mass is 10.2. The van der Waals surface area contributed by atoms with Crippen molar-refractivity contribution in [2.75, 3.05) is 24.7 Å². The molecule has 1 N–H and O–H groups in total. The fraction of sp³-hybridized carbons (Fsp3) is 0.217. The van der Waals surface area contributed by atoms with E-state index in [-0.39, 0.29) is 24.7 Å². The summed E-state index contributed by atoms with van der Waals surface area (Å²) in [4.78, 5) is 52.7. The van der Waals surface area contributed by atoms with E-state index >= 15 is 0 Å². The second kappa shape index (κ2) is 9.03. The number of anilines is 1. The van der Waals surface area contributed by atoms with E-state index in [1.54, 1.807) is 47.4 Å². The molecule has 2 heterocycles. The molecule has 9 nitrogen and oxygen atoms in total. The molecule has 0 radical (unpaired) electrons. The van der Waals surface area contributed by atoms with E-state index in [0.29, 0.717) is 29.0 Å². The number of carbonyl (C=O) groups excluding carboxylic acids is 2. The van der Waals surface area contributed by atoms with E-state index in [0.717, 1.165) is 10.6 Å². The fourth-order valence-electron chi connectivity index (χ4n) is 3.69. The van der Waals surface area contributed by atoms with E-state index in [4.69, 9.17) is 9.84 Å². The van der Waals surface area contributed by atoms with Crippen molar-refractivity contribution >= 4 is 17.5 Å². The summed E-state index contributed by atoms with van der Waals surface area (Å²) in [6, 6.07) is 15.1. The zero-order valence-corrected chi connectivity index (χ0v) is 17.1. The van der Waals surface area contributed by atoms with E-state index in [1.807, 2.05) is 0 Å². The molecule has 1 aliphatic rings. The van der Waals surface area contributed by atoms with Crippen LogP contribution in [0.5, 0.6) is 5.75 Å². The van der Waals surface area contributed by atoms with Gasteiger partial charge in [-0.3, -0.25) is 19.0 Å². The maximum absolute atomic E-state index is 13.1. The summed E-state index contributed by atoms with van der Waals surface area (Å²) < 4.78 is 7.02. The number of carbonyl (C=O) groups is 2. The van der Waals surface area contributed by atoms with Crippen molar-refractivity contribution in [3.05, 3.63) is 93.3 Å². The predicted molar refractivity (Wildman–Crippen MR) is 116 cm³/mol. The van der Waals surface area contributed by atoms with Gasteiger partial charge in [0.05, 0.1) is 6.61 Å². The lowest BCUT2D eigenvalue weighted by Gasteiger charge is -2.18. The van der Waals surface area contributed by atoms with Crippen molar-refractivity contribution in [1.82, 2.24) is 9.13 Å². The Kier molecular flexibility index (Phi) is 6.00. The number of amides is 1. The largest absolute Gasteiger partial charge is 0.491 e. The standard InChI is InChI=1S/C23H21N3O6/c27-14-15-32-18-8-6-17(7-9-18)24-12-10-19(22(24)30)25-13-11-20(28)26(23(25)31)21(29)16-4-2-1-3-5-16/h1-9,11,13,19,27H,10,12,14-15H2. The molecule has 1 aliphatic heterocycles. The molecule has 1 fully saturated rings. The maximum Gasteiger partial charge on any atom is 0.338 e. The molecule has 0 spiro atoms. The highest BCUT2D eigenvalue weighted by atomic mass is 16.5. The van der Waals surface area contributed by atoms with Crippen molar-refractivity contribution in [2.45, 2.75) is 12.5 Å². The minimum Gasteiger partial charge on any atom is -0.491 e. The second-order valence-electron chi connectivity index (χ2n) is 7.21. The van der Waals surface area contributed by atoms with E-state index in [9.17, 15) is 19.2 Å². The van der Waals surface area contributed by atoms with E-state index in [1.165, 1.54) is 18.3 Å². The van der Waals surface area contributed by atoms with Crippen molar-refractivity contribution in [3.8, 4) is 5.75 Å². The average molecular weight is 435 g/mol. The van der Waals surface area contributed by atoms with Gasteiger partial charge in [0.2, 0.25) is 5.91 Å². The third-order valence-electron chi connectivity index (χ3n) is 5.26. The van der Waals surface area contributed by atoms with Crippen molar-refractivity contribution in [2.24, 2.45) is 0 Å². The Labute approximate surface area is 182 Å². The Morgan fingerprint density at radius 2 is 1.72 bits per heavy atom. The topological polar surface area (TPSA) is 111 Å². The molecular formula is C23H21N3O6. The monoisotopic (exact) mass is 435 g/mol. The number of aromatic nitrogens is 2. The summed E-state index contributed by atoms with van der Waals surface area (Å²) in [7, 11) is 0. The van der Waals surface area contributed by atoms with Gasteiger partial charge in [0.1, 0.15) is 18.4 Å². The number of nitrogens with zero attached hydrogens (tertiary/aromatic N) is 3. The summed E-state index contributed by atoms with van der Waals surface area (Å²) in [6.45, 7) is 0.445. The zero-order valence-electron chi connectivity index (χ0n) is 17.1. The van der Waals surface area contributed by atoms with Crippen LogP contribution in [0.4, 0.5) is 5.69 Å². The quantitative estimate of drug-likeness (QED) is 0.620. The molecule has 3 aromatic rings. The molecule has 164 valence electrons. The number of rotatable bonds is 6. The fourth-order valence-corrected chi connectivity index (χ4v) is 3.69. The molecule has 1 unspecified atom stereocenters. The SMILES string of the molecule is O=C1C(n2ccc(=O)n(C(=O)c3ccccc3)c2=O)CCN1c1ccc(OCCO)cc1. The number of aliphatic hydroxyl groups is 1. The molecule has 1 saturated heterocycles. The summed E-state index contributed by atoms with van der Waals surface area (Å²) in [6.07, 6.45) is 1.61. The van der Waals surface area contributed by atoms with Crippen LogP contribution >= 0.6 is 0 Å². The van der Waals surface area contributed by atoms with Crippen LogP contribution < -0.4 is 20.9 Å². The van der Waals surface area contributed by atoms with E-state index in [2.05, 4.69) is 0 Å². The van der Waals surface area contributed by atoms with Gasteiger partial charge in [-0.1, -0.05) is 18.2 Å². The molecule has 9 heteroatoms. The predicted octanol–water partition coefficient (Wildman–Crippen LogP) is 1.05. The molecule has 0 bridgehead atoms. The van der Waals surface area contributed by atoms with Crippen LogP contribution in [0.1, 0.15) is 22.8 Å². The molecule has 2 aromatic carbocycles. The van der Waals surface area contributed by atoms with Crippen molar-refractivity contribution in [1.29, 1.82) is 0 Å². The molecular weight excluding hydrogens is 414 g/mol. The van der Waals surface area contributed by atoms with Crippen LogP contribution in [0.15, 0.2) is 76.4 Å². The number of hydrogen-bond acceptors (Lipinski definition) is 6. The zero-order chi connectivity index (χ0) is 22.7. The third kappa shape index (κ3) is 3.97. The first kappa shape index (κ1) is 21.3. The Morgan fingerprint density at radius 3 is 2.41 bits per heavy atom. The highest BCUT2D eigenvalue weighted by Crippen LogP contribution is 2.28. The van der Waals surface area contributed by atoms with Gasteiger partial charge in [-0.15, -0.1) is 0 Å². The molecule has 4 rings (SSSR count). The number of ether oxygens (including phenoxy) is 1. The summed E-state index contributed by atoms with van der Waals surface area (Å²) in [5, 5.41) is 8.84. The number of hydrogen-bond donors (Lipinski definition) is 1. The van der Waals surface area contributed by atoms with Crippen molar-refractivity contribution < 1.29 is 19.4 Å². The third-order valence-corrected chi connectivity index (χ3v) is 5.26. The van der Waals surface area contributed by atoms with Gasteiger partial charge in [0, 0.05) is 30.1 Å². The van der Waals surface area contributed by atoms with Gasteiger partial charge in [0.15, 0.2) is 0 Å². The smallest absolute Gasteiger partial charge is 0.338 e. The normalized spacial score (nSPS) is 15.7. The van der Waals surface area contributed by atoms with Gasteiger partial charge < -0.3 is 14.7 Å². The average Bonchev–Trinajstić information content (AvgIpc) is 3.19. The highest BCUT2D eigenvalue weighted by molar-refractivity contribution is 5.98. The van der Waals surface area contributed by atoms with Gasteiger partial charge in [0.25, 0.3) is 11.5 Å². The molecule has 0 aliphatic carbocycles. The van der Waals surface area contributed by atoms with Crippen molar-refractivity contribution in [3.63, 3.8) is 0 Å². The molecule has 1 amide bonds. The molecule has 1 atom stereocenters. The second-order valence-corrected chi connectivity index (χ2v) is 7.21. The Balaban J connectivity index is 1.61. The van der Waals surface area contributed by atoms with Crippen LogP contribution in [-0.2, 0) is 4.79 Å². The Bertz CT molecular complexity index is 1250. The lowest BCUT2D eigenvalue weighted by molar-refractivity contribution is -0.119. The van der Waals surface area contributed by atoms with Gasteiger partial charge in [-0.25, -0.2) is 4.79 Å². The van der Waals surface area contributed by atoms with Gasteiger partial charge in [-0.05, 0) is 42.8 Å². The summed E-state index contributed by atoms with van der Waals surface area (Å²) >= 11 is 0. The molecule has 32 heavy (non-hydrogen) atoms. The molecule has 1 aromatic heterocycles. The first-order valence-corrected chi connectivity index (χ1v) is 10.1. The first-order valence-electron chi connectivity index (χ1n) is 10.1. The Hall–Kier alpha value is -3.98. The number of benzene rings is 2. The summed E-state index contributed by atoms with van der Waals surface area (Å²) in [5.41, 5.74) is -0.761. The molecule has 0 saturated carbocycles. The van der Waals surface area contributed by atoms with Crippen LogP contribution in [0.2, 0.25) is 0 Å². The van der Waals surface area contributed by atoms with Crippen LogP contribution in [0.3, 0.4) is 0 Å². The minimum atomic E-state index is -0.848. The van der Waals surface area contributed by atoms with E-state index < -0.39 is 23.2 Å². The van der Waals surface area contributed by atoms with Crippen LogP contribution in [0, 0.1) is 0 Å².